The minimum Gasteiger partial charge on any atom is -1.00 e. The summed E-state index contributed by atoms with van der Waals surface area (Å²) >= 11 is 0. The van der Waals surface area contributed by atoms with Crippen LogP contribution >= 0.6 is 0 Å². The molecule has 1 aromatic carbocycles. The summed E-state index contributed by atoms with van der Waals surface area (Å²) in [6.45, 7) is 0.736. The van der Waals surface area contributed by atoms with E-state index in [1.165, 1.54) is 0 Å². The summed E-state index contributed by atoms with van der Waals surface area (Å²) in [6, 6.07) is 15.7. The molecule has 4 rings (SSSR count). The molecule has 0 saturated heterocycles. The third-order valence-corrected chi connectivity index (χ3v) is 3.52. The summed E-state index contributed by atoms with van der Waals surface area (Å²) in [5, 5.41) is 3.36. The average Bonchev–Trinajstić information content (AvgIpc) is 3.05. The number of nitrogens with zero attached hydrogens (tertiary/aromatic N) is 3. The summed E-state index contributed by atoms with van der Waals surface area (Å²) < 4.78 is 5.72. The number of hydrogen-bond donors (Lipinski definition) is 1. The molecule has 3 aromatic heterocycles. The first kappa shape index (κ1) is 18.7. The van der Waals surface area contributed by atoms with Crippen molar-refractivity contribution in [3.8, 4) is 11.5 Å². The Morgan fingerprint density at radius 2 is 1.72 bits per heavy atom. The van der Waals surface area contributed by atoms with Crippen molar-refractivity contribution in [1.29, 1.82) is 0 Å². The zero-order valence-electron chi connectivity index (χ0n) is 13.1. The van der Waals surface area contributed by atoms with Crippen LogP contribution in [-0.2, 0) is 6.54 Å². The number of hydrogen-bond acceptors (Lipinski definition) is 5. The van der Waals surface area contributed by atoms with Gasteiger partial charge in [-0.1, -0.05) is 6.07 Å². The zero-order chi connectivity index (χ0) is 15.5. The Morgan fingerprint density at radius 3 is 2.44 bits per heavy atom. The molecule has 0 aliphatic rings. The minimum atomic E-state index is 0. The van der Waals surface area contributed by atoms with Gasteiger partial charge in [0.05, 0.1) is 0 Å². The number of anilines is 1. The number of fused-ring (bicyclic) bond motifs is 1. The van der Waals surface area contributed by atoms with Crippen molar-refractivity contribution in [1.82, 2.24) is 15.0 Å². The van der Waals surface area contributed by atoms with E-state index in [1.54, 1.807) is 12.4 Å². The third kappa shape index (κ3) is 4.26. The predicted octanol–water partition coefficient (Wildman–Crippen LogP) is -2.10. The van der Waals surface area contributed by atoms with Crippen LogP contribution in [0.15, 0.2) is 71.5 Å². The van der Waals surface area contributed by atoms with Gasteiger partial charge in [-0.2, -0.15) is 4.98 Å². The molecule has 0 saturated carbocycles. The fourth-order valence-corrected chi connectivity index (χ4v) is 2.33. The highest BCUT2D eigenvalue weighted by molar-refractivity contribution is 5.72. The molecule has 0 aliphatic heterocycles. The molecule has 0 unspecified atom stereocenters. The van der Waals surface area contributed by atoms with E-state index in [0.29, 0.717) is 17.1 Å². The molecule has 0 radical (unpaired) electrons. The van der Waals surface area contributed by atoms with Crippen LogP contribution in [0.4, 0.5) is 5.69 Å². The minimum absolute atomic E-state index is 0. The molecule has 0 aliphatic carbocycles. The molecular weight excluding hydrogens is 359 g/mol. The van der Waals surface area contributed by atoms with Crippen molar-refractivity contribution in [2.45, 2.75) is 6.54 Å². The number of pyridine rings is 2. The Kier molecular flexibility index (Phi) is 6.33. The second kappa shape index (κ2) is 8.46. The van der Waals surface area contributed by atoms with Crippen LogP contribution in [0, 0.1) is 0 Å². The zero-order valence-corrected chi connectivity index (χ0v) is 14.6. The Balaban J connectivity index is 0.00000113. The van der Waals surface area contributed by atoms with Crippen LogP contribution in [-0.4, -0.2) is 15.0 Å². The van der Waals surface area contributed by atoms with Gasteiger partial charge in [-0.3, -0.25) is 4.98 Å². The molecular formula is C18H14Cl2N4O-2. The monoisotopic (exact) mass is 372 g/mol. The van der Waals surface area contributed by atoms with Crippen molar-refractivity contribution >= 4 is 16.9 Å². The van der Waals surface area contributed by atoms with Gasteiger partial charge in [-0.05, 0) is 48.0 Å². The first-order chi connectivity index (χ1) is 11.4. The molecule has 3 heterocycles. The summed E-state index contributed by atoms with van der Waals surface area (Å²) in [6.07, 6.45) is 5.33. The lowest BCUT2D eigenvalue weighted by molar-refractivity contribution is -0.00100. The molecule has 1 N–H and O–H groups in total. The number of benzene rings is 1. The number of rotatable bonds is 4. The number of nitrogens with one attached hydrogen (secondary N) is 1. The van der Waals surface area contributed by atoms with Crippen LogP contribution in [0.3, 0.4) is 0 Å². The van der Waals surface area contributed by atoms with Gasteiger partial charge in [0.15, 0.2) is 11.2 Å². The van der Waals surface area contributed by atoms with Gasteiger partial charge in [-0.25, -0.2) is 4.98 Å². The average molecular weight is 373 g/mol. The van der Waals surface area contributed by atoms with E-state index in [-0.39, 0.29) is 24.8 Å². The number of oxazole rings is 1. The van der Waals surface area contributed by atoms with E-state index >= 15 is 0 Å². The second-order valence-electron chi connectivity index (χ2n) is 5.14. The van der Waals surface area contributed by atoms with Crippen molar-refractivity contribution in [3.05, 3.63) is 72.7 Å². The van der Waals surface area contributed by atoms with E-state index in [4.69, 9.17) is 4.42 Å². The highest BCUT2D eigenvalue weighted by Crippen LogP contribution is 2.24. The molecule has 0 bridgehead atoms. The van der Waals surface area contributed by atoms with E-state index in [9.17, 15) is 0 Å². The Morgan fingerprint density at radius 1 is 0.920 bits per heavy atom. The van der Waals surface area contributed by atoms with Crippen LogP contribution in [0.25, 0.3) is 22.7 Å². The van der Waals surface area contributed by atoms with Gasteiger partial charge in [0.2, 0.25) is 5.89 Å². The van der Waals surface area contributed by atoms with E-state index in [1.807, 2.05) is 54.7 Å². The Bertz CT molecular complexity index is 894. The van der Waals surface area contributed by atoms with Crippen molar-refractivity contribution < 1.29 is 29.2 Å². The molecule has 7 heteroatoms. The van der Waals surface area contributed by atoms with Gasteiger partial charge in [0, 0.05) is 36.4 Å². The smallest absolute Gasteiger partial charge is 0.228 e. The Labute approximate surface area is 157 Å². The van der Waals surface area contributed by atoms with Crippen molar-refractivity contribution in [2.24, 2.45) is 0 Å². The summed E-state index contributed by atoms with van der Waals surface area (Å²) in [5.74, 6) is 0.581. The van der Waals surface area contributed by atoms with Gasteiger partial charge < -0.3 is 34.5 Å². The molecule has 128 valence electrons. The SMILES string of the molecule is [Cl-].[Cl-].c1cncc(CNc2ccc(-c3nc4ncccc4o3)cc2)c1. The van der Waals surface area contributed by atoms with Crippen LogP contribution < -0.4 is 30.1 Å². The van der Waals surface area contributed by atoms with Crippen molar-refractivity contribution in [2.75, 3.05) is 5.32 Å². The molecule has 0 spiro atoms. The quantitative estimate of drug-likeness (QED) is 0.444. The highest BCUT2D eigenvalue weighted by atomic mass is 35.5. The van der Waals surface area contributed by atoms with Crippen LogP contribution in [0.5, 0.6) is 0 Å². The number of aromatic nitrogens is 3. The maximum absolute atomic E-state index is 5.72. The first-order valence-corrected chi connectivity index (χ1v) is 7.33. The van der Waals surface area contributed by atoms with Crippen molar-refractivity contribution in [3.63, 3.8) is 0 Å². The highest BCUT2D eigenvalue weighted by Gasteiger charge is 2.08. The van der Waals surface area contributed by atoms with Crippen LogP contribution in [0.2, 0.25) is 0 Å². The van der Waals surface area contributed by atoms with E-state index in [2.05, 4.69) is 20.3 Å². The molecule has 4 aromatic rings. The summed E-state index contributed by atoms with van der Waals surface area (Å²) in [4.78, 5) is 12.7. The number of halogens is 2. The lowest BCUT2D eigenvalue weighted by Crippen LogP contribution is -3.00. The van der Waals surface area contributed by atoms with Gasteiger partial charge >= 0.3 is 0 Å². The Hall–Kier alpha value is -2.63. The topological polar surface area (TPSA) is 63.8 Å². The summed E-state index contributed by atoms with van der Waals surface area (Å²) in [7, 11) is 0. The maximum Gasteiger partial charge on any atom is 0.228 e. The van der Waals surface area contributed by atoms with Crippen LogP contribution in [0.1, 0.15) is 5.56 Å². The largest absolute Gasteiger partial charge is 1.00 e. The summed E-state index contributed by atoms with van der Waals surface area (Å²) in [5.41, 5.74) is 4.42. The molecule has 0 atom stereocenters. The maximum atomic E-state index is 5.72. The normalized spacial score (nSPS) is 9.92. The first-order valence-electron chi connectivity index (χ1n) is 7.33. The standard InChI is InChI=1S/C18H14N4O.2ClH/c1-3-13(11-19-9-1)12-21-15-7-5-14(6-8-15)18-22-17-16(23-18)4-2-10-20-17;;/h1-11,21H,12H2;2*1H/p-2. The fraction of sp³-hybridized carbons (Fsp3) is 0.0556. The van der Waals surface area contributed by atoms with Gasteiger partial charge in [0.25, 0.3) is 0 Å². The molecule has 5 nitrogen and oxygen atoms in total. The van der Waals surface area contributed by atoms with Gasteiger partial charge in [-0.15, -0.1) is 0 Å². The van der Waals surface area contributed by atoms with E-state index in [0.717, 1.165) is 23.4 Å². The fourth-order valence-electron chi connectivity index (χ4n) is 2.33. The van der Waals surface area contributed by atoms with Gasteiger partial charge in [0.1, 0.15) is 0 Å². The lowest BCUT2D eigenvalue weighted by Gasteiger charge is -2.06. The third-order valence-electron chi connectivity index (χ3n) is 3.52. The van der Waals surface area contributed by atoms with E-state index < -0.39 is 0 Å². The molecule has 25 heavy (non-hydrogen) atoms. The lowest BCUT2D eigenvalue weighted by atomic mass is 10.2. The second-order valence-corrected chi connectivity index (χ2v) is 5.14. The molecule has 0 amide bonds. The molecule has 0 fully saturated rings. The predicted molar refractivity (Wildman–Crippen MR) is 88.8 cm³/mol.